The Morgan fingerprint density at radius 3 is 2.53 bits per heavy atom. The summed E-state index contributed by atoms with van der Waals surface area (Å²) in [7, 11) is 0. The average molecular weight is 232 g/mol. The molecule has 1 aromatic rings. The van der Waals surface area contributed by atoms with Crippen molar-refractivity contribution in [3.8, 4) is 0 Å². The van der Waals surface area contributed by atoms with E-state index in [0.717, 1.165) is 13.1 Å². The lowest BCUT2D eigenvalue weighted by Crippen LogP contribution is -2.48. The molecule has 1 N–H and O–H groups in total. The van der Waals surface area contributed by atoms with Crippen LogP contribution in [-0.2, 0) is 6.42 Å². The Kier molecular flexibility index (Phi) is 4.19. The number of rotatable bonds is 3. The predicted molar refractivity (Wildman–Crippen MR) is 73.5 cm³/mol. The highest BCUT2D eigenvalue weighted by molar-refractivity contribution is 5.30. The molecular formula is C15H24N2. The summed E-state index contributed by atoms with van der Waals surface area (Å²) in [6, 6.07) is 7.52. The topological polar surface area (TPSA) is 15.3 Å². The Labute approximate surface area is 105 Å². The summed E-state index contributed by atoms with van der Waals surface area (Å²) in [5.74, 6) is 0. The van der Waals surface area contributed by atoms with Crippen molar-refractivity contribution >= 4 is 0 Å². The first-order valence-electron chi connectivity index (χ1n) is 6.67. The van der Waals surface area contributed by atoms with Gasteiger partial charge in [0.05, 0.1) is 0 Å². The molecule has 1 aliphatic heterocycles. The maximum absolute atomic E-state index is 3.41. The molecule has 2 heteroatoms. The van der Waals surface area contributed by atoms with Gasteiger partial charge in [-0.3, -0.25) is 4.90 Å². The maximum atomic E-state index is 3.41. The van der Waals surface area contributed by atoms with Crippen LogP contribution in [0, 0.1) is 13.8 Å². The molecule has 1 heterocycles. The van der Waals surface area contributed by atoms with Gasteiger partial charge in [0, 0.05) is 32.2 Å². The predicted octanol–water partition coefficient (Wildman–Crippen LogP) is 2.14. The van der Waals surface area contributed by atoms with Crippen molar-refractivity contribution in [2.24, 2.45) is 0 Å². The fourth-order valence-corrected chi connectivity index (χ4v) is 2.52. The summed E-state index contributed by atoms with van der Waals surface area (Å²) in [6.45, 7) is 11.4. The SMILES string of the molecule is Cc1ccc(CC(C)N2CCNCC2)cc1C. The van der Waals surface area contributed by atoms with Crippen LogP contribution in [0.25, 0.3) is 0 Å². The van der Waals surface area contributed by atoms with Crippen molar-refractivity contribution in [3.63, 3.8) is 0 Å². The summed E-state index contributed by atoms with van der Waals surface area (Å²) in [6.07, 6.45) is 1.17. The third kappa shape index (κ3) is 3.30. The monoisotopic (exact) mass is 232 g/mol. The minimum Gasteiger partial charge on any atom is -0.314 e. The highest BCUT2D eigenvalue weighted by atomic mass is 15.2. The zero-order valence-corrected chi connectivity index (χ0v) is 11.3. The van der Waals surface area contributed by atoms with Crippen LogP contribution >= 0.6 is 0 Å². The average Bonchev–Trinajstić information content (AvgIpc) is 2.35. The molecule has 0 amide bonds. The molecular weight excluding hydrogens is 208 g/mol. The van der Waals surface area contributed by atoms with Crippen LogP contribution in [0.1, 0.15) is 23.6 Å². The smallest absolute Gasteiger partial charge is 0.0110 e. The van der Waals surface area contributed by atoms with Crippen molar-refractivity contribution in [1.29, 1.82) is 0 Å². The van der Waals surface area contributed by atoms with Gasteiger partial charge < -0.3 is 5.32 Å². The molecule has 0 spiro atoms. The quantitative estimate of drug-likeness (QED) is 0.859. The van der Waals surface area contributed by atoms with E-state index in [1.54, 1.807) is 0 Å². The van der Waals surface area contributed by atoms with Gasteiger partial charge in [-0.1, -0.05) is 18.2 Å². The van der Waals surface area contributed by atoms with E-state index in [0.29, 0.717) is 6.04 Å². The molecule has 1 unspecified atom stereocenters. The summed E-state index contributed by atoms with van der Waals surface area (Å²) in [4.78, 5) is 2.59. The van der Waals surface area contributed by atoms with Crippen LogP contribution in [0.15, 0.2) is 18.2 Å². The lowest BCUT2D eigenvalue weighted by atomic mass is 10.0. The molecule has 0 bridgehead atoms. The van der Waals surface area contributed by atoms with Crippen molar-refractivity contribution in [2.45, 2.75) is 33.2 Å². The molecule has 0 saturated carbocycles. The first-order valence-corrected chi connectivity index (χ1v) is 6.67. The van der Waals surface area contributed by atoms with E-state index in [2.05, 4.69) is 49.2 Å². The van der Waals surface area contributed by atoms with Crippen LogP contribution in [0.5, 0.6) is 0 Å². The Morgan fingerprint density at radius 2 is 1.88 bits per heavy atom. The summed E-state index contributed by atoms with van der Waals surface area (Å²) in [5.41, 5.74) is 4.28. The van der Waals surface area contributed by atoms with Crippen molar-refractivity contribution in [1.82, 2.24) is 10.2 Å². The summed E-state index contributed by atoms with van der Waals surface area (Å²) < 4.78 is 0. The van der Waals surface area contributed by atoms with Gasteiger partial charge in [0.25, 0.3) is 0 Å². The van der Waals surface area contributed by atoms with Gasteiger partial charge in [-0.25, -0.2) is 0 Å². The maximum Gasteiger partial charge on any atom is 0.0110 e. The summed E-state index contributed by atoms with van der Waals surface area (Å²) >= 11 is 0. The van der Waals surface area contributed by atoms with Crippen LogP contribution in [0.3, 0.4) is 0 Å². The standard InChI is InChI=1S/C15H24N2/c1-12-4-5-15(10-13(12)2)11-14(3)17-8-6-16-7-9-17/h4-5,10,14,16H,6-9,11H2,1-3H3. The fraction of sp³-hybridized carbons (Fsp3) is 0.600. The molecule has 0 radical (unpaired) electrons. The second kappa shape index (κ2) is 5.65. The van der Waals surface area contributed by atoms with Crippen LogP contribution in [0.4, 0.5) is 0 Å². The first kappa shape index (κ1) is 12.6. The first-order chi connectivity index (χ1) is 8.16. The Hall–Kier alpha value is -0.860. The molecule has 2 rings (SSSR count). The van der Waals surface area contributed by atoms with E-state index >= 15 is 0 Å². The third-order valence-corrected chi connectivity index (χ3v) is 3.88. The van der Waals surface area contributed by atoms with Gasteiger partial charge in [-0.2, -0.15) is 0 Å². The third-order valence-electron chi connectivity index (χ3n) is 3.88. The molecule has 94 valence electrons. The number of hydrogen-bond acceptors (Lipinski definition) is 2. The van der Waals surface area contributed by atoms with E-state index in [1.807, 2.05) is 0 Å². The highest BCUT2D eigenvalue weighted by Gasteiger charge is 2.16. The molecule has 0 aromatic heterocycles. The molecule has 0 aliphatic carbocycles. The largest absolute Gasteiger partial charge is 0.314 e. The molecule has 1 fully saturated rings. The number of hydrogen-bond donors (Lipinski definition) is 1. The number of aryl methyl sites for hydroxylation is 2. The second-order valence-electron chi connectivity index (χ2n) is 5.26. The van der Waals surface area contributed by atoms with Gasteiger partial charge in [-0.15, -0.1) is 0 Å². The van der Waals surface area contributed by atoms with Gasteiger partial charge >= 0.3 is 0 Å². The number of benzene rings is 1. The minimum atomic E-state index is 0.652. The van der Waals surface area contributed by atoms with Crippen molar-refractivity contribution in [2.75, 3.05) is 26.2 Å². The lowest BCUT2D eigenvalue weighted by Gasteiger charge is -2.33. The van der Waals surface area contributed by atoms with Crippen LogP contribution < -0.4 is 5.32 Å². The molecule has 1 saturated heterocycles. The van der Waals surface area contributed by atoms with E-state index < -0.39 is 0 Å². The molecule has 17 heavy (non-hydrogen) atoms. The zero-order valence-electron chi connectivity index (χ0n) is 11.3. The number of nitrogens with zero attached hydrogens (tertiary/aromatic N) is 1. The highest BCUT2D eigenvalue weighted by Crippen LogP contribution is 2.14. The van der Waals surface area contributed by atoms with Crippen molar-refractivity contribution < 1.29 is 0 Å². The normalized spacial score (nSPS) is 19.2. The Morgan fingerprint density at radius 1 is 1.18 bits per heavy atom. The number of piperazine rings is 1. The Balaban J connectivity index is 1.96. The van der Waals surface area contributed by atoms with Crippen LogP contribution in [-0.4, -0.2) is 37.1 Å². The lowest BCUT2D eigenvalue weighted by molar-refractivity contribution is 0.183. The van der Waals surface area contributed by atoms with E-state index in [9.17, 15) is 0 Å². The number of nitrogens with one attached hydrogen (secondary N) is 1. The molecule has 2 nitrogen and oxygen atoms in total. The molecule has 1 aliphatic rings. The van der Waals surface area contributed by atoms with Gasteiger partial charge in [-0.05, 0) is 43.9 Å². The van der Waals surface area contributed by atoms with E-state index in [1.165, 1.54) is 36.2 Å². The fourth-order valence-electron chi connectivity index (χ4n) is 2.52. The zero-order chi connectivity index (χ0) is 12.3. The summed E-state index contributed by atoms with van der Waals surface area (Å²) in [5, 5.41) is 3.41. The van der Waals surface area contributed by atoms with E-state index in [4.69, 9.17) is 0 Å². The van der Waals surface area contributed by atoms with Crippen molar-refractivity contribution in [3.05, 3.63) is 34.9 Å². The Bertz CT molecular complexity index is 367. The second-order valence-corrected chi connectivity index (χ2v) is 5.26. The minimum absolute atomic E-state index is 0.652. The van der Waals surface area contributed by atoms with Gasteiger partial charge in [0.15, 0.2) is 0 Å². The molecule has 1 aromatic carbocycles. The molecule has 1 atom stereocenters. The van der Waals surface area contributed by atoms with E-state index in [-0.39, 0.29) is 0 Å². The van der Waals surface area contributed by atoms with Gasteiger partial charge in [0.2, 0.25) is 0 Å². The van der Waals surface area contributed by atoms with Gasteiger partial charge in [0.1, 0.15) is 0 Å². The van der Waals surface area contributed by atoms with Crippen LogP contribution in [0.2, 0.25) is 0 Å².